The zero-order chi connectivity index (χ0) is 29.5. The van der Waals surface area contributed by atoms with Crippen molar-refractivity contribution in [2.45, 2.75) is 44.9 Å². The van der Waals surface area contributed by atoms with Crippen LogP contribution < -0.4 is 0 Å². The standard InChI is InChI=1S/C30H30Br2O10/c1-7(33)41-29-15-9-10-14-23(15,21(35)37-3)27(39-5)18-12-11(19(27)29)17-25(29,31)13(9)24(22(36)38-4)16(10)30(26(14,18)32,42-8(2)34)20(12)28(17,24)40-6/h9-20H,1-6H3/t9-,10+,11-,12+,13-,14-,15+,16+,17-,18-,19-,20-,23-,24-,25+,26+,27-,28-,29-,30-/m1/s1. The van der Waals surface area contributed by atoms with Gasteiger partial charge in [0.15, 0.2) is 0 Å². The topological polar surface area (TPSA) is 124 Å². The summed E-state index contributed by atoms with van der Waals surface area (Å²) in [4.78, 5) is 56.0. The molecule has 0 unspecified atom stereocenters. The van der Waals surface area contributed by atoms with Crippen molar-refractivity contribution in [1.29, 1.82) is 0 Å². The van der Waals surface area contributed by atoms with Crippen molar-refractivity contribution in [2.24, 2.45) is 81.8 Å². The molecule has 0 radical (unpaired) electrons. The SMILES string of the molecule is COC(=O)[C@@]12[C@@H]3[C@@H]4[C@@H]5[C@@H]6[C@@]7(OC(C)=O)[C@@H]8[C@H]9[C@@H]%10[C@@H]%11[C@@](Br)([C@H]4[C@@]6(C(=O)OC)[C@@]%118OC)[C@]3(OC(C)=O)[C@H]%10[C@]1(OC)[C@H]9[C@@]7(Br)[C@H]52. The highest BCUT2D eigenvalue weighted by molar-refractivity contribution is 9.10. The molecule has 12 aliphatic rings. The molecule has 10 nitrogen and oxygen atoms in total. The van der Waals surface area contributed by atoms with Gasteiger partial charge in [-0.2, -0.15) is 0 Å². The van der Waals surface area contributed by atoms with Crippen LogP contribution in [-0.2, 0) is 47.6 Å². The average Bonchev–Trinajstić information content (AvgIpc) is 3.77. The Labute approximate surface area is 257 Å². The number of methoxy groups -OCH3 is 4. The van der Waals surface area contributed by atoms with E-state index in [2.05, 4.69) is 31.9 Å². The van der Waals surface area contributed by atoms with Crippen LogP contribution >= 0.6 is 31.9 Å². The summed E-state index contributed by atoms with van der Waals surface area (Å²) < 4.78 is 37.0. The first-order valence-electron chi connectivity index (χ1n) is 14.9. The van der Waals surface area contributed by atoms with Gasteiger partial charge in [-0.05, 0) is 23.7 Å². The van der Waals surface area contributed by atoms with Gasteiger partial charge in [-0.1, -0.05) is 31.9 Å². The quantitative estimate of drug-likeness (QED) is 0.228. The molecule has 12 rings (SSSR count). The predicted octanol–water partition coefficient (Wildman–Crippen LogP) is 1.49. The molecule has 0 spiro atoms. The normalized spacial score (nSPS) is 71.2. The smallest absolute Gasteiger partial charge is 0.315 e. The van der Waals surface area contributed by atoms with Gasteiger partial charge in [-0.3, -0.25) is 19.2 Å². The summed E-state index contributed by atoms with van der Waals surface area (Å²) in [6.45, 7) is 2.87. The van der Waals surface area contributed by atoms with Gasteiger partial charge in [-0.25, -0.2) is 0 Å². The summed E-state index contributed by atoms with van der Waals surface area (Å²) in [6, 6.07) is 0. The van der Waals surface area contributed by atoms with Crippen LogP contribution in [-0.4, -0.2) is 83.4 Å². The van der Waals surface area contributed by atoms with Crippen LogP contribution in [0.5, 0.6) is 0 Å². The largest absolute Gasteiger partial charge is 0.468 e. The lowest BCUT2D eigenvalue weighted by atomic mass is 9.59. The van der Waals surface area contributed by atoms with Crippen molar-refractivity contribution in [1.82, 2.24) is 0 Å². The van der Waals surface area contributed by atoms with Crippen LogP contribution in [0.15, 0.2) is 0 Å². The maximum Gasteiger partial charge on any atom is 0.315 e. The van der Waals surface area contributed by atoms with E-state index in [1.54, 1.807) is 14.2 Å². The van der Waals surface area contributed by atoms with Gasteiger partial charge in [0, 0.05) is 75.4 Å². The molecule has 0 N–H and O–H groups in total. The number of hydrogen-bond acceptors (Lipinski definition) is 10. The maximum absolute atomic E-state index is 14.7. The van der Waals surface area contributed by atoms with Gasteiger partial charge in [0.25, 0.3) is 0 Å². The Morgan fingerprint density at radius 3 is 1.12 bits per heavy atom. The highest BCUT2D eigenvalue weighted by atomic mass is 79.9. The fourth-order valence-electron chi connectivity index (χ4n) is 18.1. The van der Waals surface area contributed by atoms with Crippen molar-refractivity contribution in [2.75, 3.05) is 28.4 Å². The molecule has 0 aromatic heterocycles. The molecule has 12 fully saturated rings. The number of hydrogen-bond donors (Lipinski definition) is 0. The number of esters is 4. The second kappa shape index (κ2) is 5.88. The monoisotopic (exact) mass is 708 g/mol. The van der Waals surface area contributed by atoms with Gasteiger partial charge >= 0.3 is 23.9 Å². The molecule has 12 saturated carbocycles. The lowest BCUT2D eigenvalue weighted by molar-refractivity contribution is -0.201. The highest BCUT2D eigenvalue weighted by Gasteiger charge is 3.22. The van der Waals surface area contributed by atoms with Crippen LogP contribution in [0.1, 0.15) is 13.8 Å². The summed E-state index contributed by atoms with van der Waals surface area (Å²) in [5.74, 6) is -5.04. The van der Waals surface area contributed by atoms with Gasteiger partial charge in [0.1, 0.15) is 22.0 Å². The van der Waals surface area contributed by atoms with E-state index < -0.39 is 65.7 Å². The van der Waals surface area contributed by atoms with E-state index in [9.17, 15) is 19.2 Å². The van der Waals surface area contributed by atoms with Gasteiger partial charge in [0.2, 0.25) is 0 Å². The molecule has 0 aromatic carbocycles. The lowest BCUT2D eigenvalue weighted by Gasteiger charge is -2.49. The van der Waals surface area contributed by atoms with E-state index in [1.807, 2.05) is 0 Å². The molecule has 12 aliphatic carbocycles. The minimum atomic E-state index is -1.16. The minimum Gasteiger partial charge on any atom is -0.468 e. The zero-order valence-electron chi connectivity index (χ0n) is 23.8. The third-order valence-corrected chi connectivity index (χ3v) is 19.5. The van der Waals surface area contributed by atoms with Crippen molar-refractivity contribution >= 4 is 55.7 Å². The third kappa shape index (κ3) is 1.34. The molecular weight excluding hydrogens is 680 g/mol. The van der Waals surface area contributed by atoms with E-state index in [0.29, 0.717) is 0 Å². The first-order chi connectivity index (χ1) is 19.9. The molecule has 0 aromatic rings. The van der Waals surface area contributed by atoms with E-state index in [-0.39, 0.29) is 71.1 Å². The molecule has 0 saturated heterocycles. The van der Waals surface area contributed by atoms with E-state index in [4.69, 9.17) is 28.4 Å². The molecule has 42 heavy (non-hydrogen) atoms. The molecule has 0 amide bonds. The number of alkyl halides is 2. The molecule has 0 heterocycles. The van der Waals surface area contributed by atoms with E-state index in [1.165, 1.54) is 28.1 Å². The van der Waals surface area contributed by atoms with Crippen LogP contribution in [0, 0.1) is 81.8 Å². The Bertz CT molecular complexity index is 1470. The lowest BCUT2D eigenvalue weighted by Crippen LogP contribution is -2.63. The average molecular weight is 710 g/mol. The highest BCUT2D eigenvalue weighted by Crippen LogP contribution is 3.12. The summed E-state index contributed by atoms with van der Waals surface area (Å²) in [5.41, 5.74) is -6.61. The summed E-state index contributed by atoms with van der Waals surface area (Å²) in [5, 5.41) is 0. The first-order valence-corrected chi connectivity index (χ1v) is 16.5. The minimum absolute atomic E-state index is 0.117. The van der Waals surface area contributed by atoms with Crippen LogP contribution in [0.25, 0.3) is 0 Å². The van der Waals surface area contributed by atoms with Crippen molar-refractivity contribution in [3.63, 3.8) is 0 Å². The Morgan fingerprint density at radius 2 is 0.833 bits per heavy atom. The first kappa shape index (κ1) is 25.0. The van der Waals surface area contributed by atoms with Gasteiger partial charge < -0.3 is 28.4 Å². The fourth-order valence-corrected chi connectivity index (χ4v) is 21.9. The number of ether oxygens (including phenoxy) is 6. The Morgan fingerprint density at radius 1 is 0.500 bits per heavy atom. The zero-order valence-corrected chi connectivity index (χ0v) is 26.9. The van der Waals surface area contributed by atoms with Gasteiger partial charge in [0.05, 0.1) is 34.1 Å². The summed E-state index contributed by atoms with van der Waals surface area (Å²) in [6.07, 6.45) is 0. The Hall–Kier alpha value is -1.24. The molecule has 0 aliphatic heterocycles. The number of carbonyl (C=O) groups excluding carboxylic acids is 4. The maximum atomic E-state index is 14.7. The molecule has 0 bridgehead atoms. The van der Waals surface area contributed by atoms with Crippen LogP contribution in [0.3, 0.4) is 0 Å². The number of carbonyl (C=O) groups is 4. The molecular formula is C30H30Br2O10. The molecule has 12 heteroatoms. The van der Waals surface area contributed by atoms with Crippen molar-refractivity contribution in [3.8, 4) is 0 Å². The Kier molecular flexibility index (Phi) is 3.50. The molecule has 20 atom stereocenters. The van der Waals surface area contributed by atoms with E-state index in [0.717, 1.165) is 0 Å². The summed E-state index contributed by atoms with van der Waals surface area (Å²) >= 11 is 8.70. The molecule has 224 valence electrons. The van der Waals surface area contributed by atoms with Gasteiger partial charge in [-0.15, -0.1) is 0 Å². The second-order valence-electron chi connectivity index (χ2n) is 15.2. The second-order valence-corrected chi connectivity index (χ2v) is 17.8. The van der Waals surface area contributed by atoms with Crippen molar-refractivity contribution in [3.05, 3.63) is 0 Å². The third-order valence-electron chi connectivity index (χ3n) is 16.3. The number of rotatable bonds is 6. The van der Waals surface area contributed by atoms with E-state index >= 15 is 0 Å². The van der Waals surface area contributed by atoms with Crippen molar-refractivity contribution < 1.29 is 47.6 Å². The number of halogens is 2. The summed E-state index contributed by atoms with van der Waals surface area (Å²) in [7, 11) is 6.22. The fraction of sp³-hybridized carbons (Fsp3) is 0.867. The predicted molar refractivity (Wildman–Crippen MR) is 143 cm³/mol. The van der Waals surface area contributed by atoms with Crippen LogP contribution in [0.4, 0.5) is 0 Å². The van der Waals surface area contributed by atoms with Crippen LogP contribution in [0.2, 0.25) is 0 Å². The Balaban J connectivity index is 1.40.